The predicted octanol–water partition coefficient (Wildman–Crippen LogP) is 7.59. The van der Waals surface area contributed by atoms with Gasteiger partial charge in [0, 0.05) is 6.42 Å². The van der Waals surface area contributed by atoms with Crippen LogP contribution in [0.5, 0.6) is 0 Å². The lowest BCUT2D eigenvalue weighted by atomic mass is 10.0. The molecular weight excluding hydrogens is 353 g/mol. The maximum atomic E-state index is 5.77. The number of unbranched alkanes of at least 4 members (excludes halogenated alkanes) is 14. The largest absolute Gasteiger partial charge is 0.226 e. The molecule has 0 radical (unpaired) electrons. The van der Waals surface area contributed by atoms with E-state index in [2.05, 4.69) is 21.9 Å². The smallest absolute Gasteiger partial charge is 0.203 e. The SMILES string of the molecule is CCCCCCCCCCCCCCCCCc1nc(Cl)nc(Cl)n1. The van der Waals surface area contributed by atoms with E-state index in [1.807, 2.05) is 0 Å². The normalized spacial score (nSPS) is 11.2. The van der Waals surface area contributed by atoms with Crippen LogP contribution in [0, 0.1) is 0 Å². The van der Waals surface area contributed by atoms with Crippen LogP contribution >= 0.6 is 23.2 Å². The minimum atomic E-state index is 0.191. The average molecular weight is 388 g/mol. The highest BCUT2D eigenvalue weighted by Gasteiger charge is 2.03. The highest BCUT2D eigenvalue weighted by molar-refractivity contribution is 6.30. The fraction of sp³-hybridized carbons (Fsp3) is 0.850. The molecule has 144 valence electrons. The van der Waals surface area contributed by atoms with Crippen LogP contribution in [0.25, 0.3) is 0 Å². The van der Waals surface area contributed by atoms with E-state index in [0.717, 1.165) is 12.8 Å². The van der Waals surface area contributed by atoms with E-state index in [-0.39, 0.29) is 10.6 Å². The van der Waals surface area contributed by atoms with Gasteiger partial charge in [-0.1, -0.05) is 96.8 Å². The molecule has 25 heavy (non-hydrogen) atoms. The summed E-state index contributed by atoms with van der Waals surface area (Å²) in [6.07, 6.45) is 21.3. The molecule has 0 saturated carbocycles. The number of nitrogens with zero attached hydrogens (tertiary/aromatic N) is 3. The zero-order chi connectivity index (χ0) is 18.2. The van der Waals surface area contributed by atoms with Gasteiger partial charge in [-0.15, -0.1) is 0 Å². The monoisotopic (exact) mass is 387 g/mol. The number of rotatable bonds is 16. The Balaban J connectivity index is 1.81. The van der Waals surface area contributed by atoms with Gasteiger partial charge in [-0.2, -0.15) is 4.98 Å². The minimum absolute atomic E-state index is 0.191. The first-order valence-electron chi connectivity index (χ1n) is 10.3. The van der Waals surface area contributed by atoms with Gasteiger partial charge in [0.25, 0.3) is 0 Å². The van der Waals surface area contributed by atoms with E-state index in [4.69, 9.17) is 23.2 Å². The maximum absolute atomic E-state index is 5.77. The van der Waals surface area contributed by atoms with Crippen molar-refractivity contribution in [3.05, 3.63) is 16.4 Å². The second kappa shape index (κ2) is 15.8. The topological polar surface area (TPSA) is 38.7 Å². The Hall–Kier alpha value is -0.410. The van der Waals surface area contributed by atoms with Gasteiger partial charge in [-0.25, -0.2) is 9.97 Å². The number of aromatic nitrogens is 3. The fourth-order valence-corrected chi connectivity index (χ4v) is 3.53. The lowest BCUT2D eigenvalue weighted by molar-refractivity contribution is 0.531. The zero-order valence-corrected chi connectivity index (χ0v) is 17.4. The number of hydrogen-bond donors (Lipinski definition) is 0. The van der Waals surface area contributed by atoms with Crippen molar-refractivity contribution < 1.29 is 0 Å². The predicted molar refractivity (Wildman–Crippen MR) is 108 cm³/mol. The molecule has 0 bridgehead atoms. The summed E-state index contributed by atoms with van der Waals surface area (Å²) in [6, 6.07) is 0. The molecule has 0 aromatic carbocycles. The van der Waals surface area contributed by atoms with Crippen molar-refractivity contribution in [3.8, 4) is 0 Å². The van der Waals surface area contributed by atoms with Gasteiger partial charge in [-0.05, 0) is 29.6 Å². The summed E-state index contributed by atoms with van der Waals surface area (Å²) in [7, 11) is 0. The Bertz CT molecular complexity index is 421. The van der Waals surface area contributed by atoms with Crippen LogP contribution in [-0.2, 0) is 6.42 Å². The Kier molecular flexibility index (Phi) is 14.3. The van der Waals surface area contributed by atoms with E-state index >= 15 is 0 Å². The van der Waals surface area contributed by atoms with Crippen molar-refractivity contribution in [3.63, 3.8) is 0 Å². The van der Waals surface area contributed by atoms with E-state index in [1.165, 1.54) is 89.9 Å². The summed E-state index contributed by atoms with van der Waals surface area (Å²) in [5.41, 5.74) is 0. The molecule has 5 heteroatoms. The van der Waals surface area contributed by atoms with Gasteiger partial charge in [0.1, 0.15) is 5.82 Å². The molecule has 0 aliphatic carbocycles. The van der Waals surface area contributed by atoms with Crippen molar-refractivity contribution in [1.82, 2.24) is 15.0 Å². The first-order valence-corrected chi connectivity index (χ1v) is 11.0. The van der Waals surface area contributed by atoms with Gasteiger partial charge < -0.3 is 0 Å². The summed E-state index contributed by atoms with van der Waals surface area (Å²) < 4.78 is 0. The highest BCUT2D eigenvalue weighted by atomic mass is 35.5. The van der Waals surface area contributed by atoms with E-state index < -0.39 is 0 Å². The molecule has 0 aliphatic heterocycles. The van der Waals surface area contributed by atoms with Crippen LogP contribution in [0.15, 0.2) is 0 Å². The molecule has 1 aromatic heterocycles. The van der Waals surface area contributed by atoms with Crippen LogP contribution in [0.1, 0.15) is 109 Å². The fourth-order valence-electron chi connectivity index (χ4n) is 3.13. The Morgan fingerprint density at radius 3 is 1.28 bits per heavy atom. The van der Waals surface area contributed by atoms with E-state index in [1.54, 1.807) is 0 Å². The van der Waals surface area contributed by atoms with Crippen LogP contribution in [0.4, 0.5) is 0 Å². The molecule has 1 aromatic rings. The third kappa shape index (κ3) is 13.5. The third-order valence-corrected chi connectivity index (χ3v) is 4.97. The Morgan fingerprint density at radius 2 is 0.880 bits per heavy atom. The quantitative estimate of drug-likeness (QED) is 0.274. The molecule has 0 atom stereocenters. The van der Waals surface area contributed by atoms with Crippen molar-refractivity contribution in [2.75, 3.05) is 0 Å². The molecular formula is C20H35Cl2N3. The Morgan fingerprint density at radius 1 is 0.520 bits per heavy atom. The zero-order valence-electron chi connectivity index (χ0n) is 15.9. The van der Waals surface area contributed by atoms with Crippen LogP contribution in [0.2, 0.25) is 10.6 Å². The number of halogens is 2. The van der Waals surface area contributed by atoms with Gasteiger partial charge in [0.15, 0.2) is 0 Å². The van der Waals surface area contributed by atoms with Crippen molar-refractivity contribution in [2.45, 2.75) is 110 Å². The van der Waals surface area contributed by atoms with Gasteiger partial charge in [0.05, 0.1) is 0 Å². The second-order valence-electron chi connectivity index (χ2n) is 6.99. The summed E-state index contributed by atoms with van der Waals surface area (Å²) in [6.45, 7) is 2.28. The lowest BCUT2D eigenvalue weighted by Gasteiger charge is -2.03. The second-order valence-corrected chi connectivity index (χ2v) is 7.67. The van der Waals surface area contributed by atoms with Crippen LogP contribution < -0.4 is 0 Å². The first kappa shape index (κ1) is 22.6. The molecule has 1 rings (SSSR count). The standard InChI is InChI=1S/C20H35Cl2N3/c1-2-3-4-5-6-7-8-9-10-11-12-13-14-15-16-17-18-23-19(21)25-20(22)24-18/h2-17H2,1H3. The summed E-state index contributed by atoms with van der Waals surface area (Å²) >= 11 is 11.5. The van der Waals surface area contributed by atoms with Crippen molar-refractivity contribution >= 4 is 23.2 Å². The molecule has 1 heterocycles. The van der Waals surface area contributed by atoms with Crippen LogP contribution in [-0.4, -0.2) is 15.0 Å². The molecule has 0 spiro atoms. The molecule has 0 fully saturated rings. The maximum Gasteiger partial charge on any atom is 0.226 e. The molecule has 0 N–H and O–H groups in total. The molecule has 0 saturated heterocycles. The van der Waals surface area contributed by atoms with Crippen molar-refractivity contribution in [1.29, 1.82) is 0 Å². The average Bonchev–Trinajstić information content (AvgIpc) is 2.57. The van der Waals surface area contributed by atoms with Gasteiger partial charge in [0.2, 0.25) is 10.6 Å². The van der Waals surface area contributed by atoms with Crippen LogP contribution in [0.3, 0.4) is 0 Å². The molecule has 0 amide bonds. The summed E-state index contributed by atoms with van der Waals surface area (Å²) in [5.74, 6) is 0.708. The molecule has 0 aliphatic rings. The lowest BCUT2D eigenvalue weighted by Crippen LogP contribution is -1.98. The first-order chi connectivity index (χ1) is 12.2. The van der Waals surface area contributed by atoms with E-state index in [9.17, 15) is 0 Å². The third-order valence-electron chi connectivity index (χ3n) is 4.63. The Labute approximate surface area is 164 Å². The summed E-state index contributed by atoms with van der Waals surface area (Å²) in [4.78, 5) is 12.0. The number of hydrogen-bond acceptors (Lipinski definition) is 3. The van der Waals surface area contributed by atoms with Crippen molar-refractivity contribution in [2.24, 2.45) is 0 Å². The minimum Gasteiger partial charge on any atom is -0.203 e. The van der Waals surface area contributed by atoms with Gasteiger partial charge in [-0.3, -0.25) is 0 Å². The highest BCUT2D eigenvalue weighted by Crippen LogP contribution is 2.14. The van der Waals surface area contributed by atoms with Gasteiger partial charge >= 0.3 is 0 Å². The number of aryl methyl sites for hydroxylation is 1. The molecule has 3 nitrogen and oxygen atoms in total. The molecule has 0 unspecified atom stereocenters. The van der Waals surface area contributed by atoms with E-state index in [0.29, 0.717) is 5.82 Å². The summed E-state index contributed by atoms with van der Waals surface area (Å²) in [5, 5.41) is 0.381.